The molecule has 0 spiro atoms. The van der Waals surface area contributed by atoms with Crippen molar-refractivity contribution < 1.29 is 14.0 Å². The fourth-order valence-corrected chi connectivity index (χ4v) is 4.18. The number of carbonyl (C=O) groups excluding carboxylic acids is 2. The van der Waals surface area contributed by atoms with E-state index >= 15 is 0 Å². The highest BCUT2D eigenvalue weighted by Crippen LogP contribution is 2.32. The lowest BCUT2D eigenvalue weighted by atomic mass is 9.92. The predicted octanol–water partition coefficient (Wildman–Crippen LogP) is 4.91. The van der Waals surface area contributed by atoms with E-state index in [0.29, 0.717) is 23.9 Å². The van der Waals surface area contributed by atoms with Crippen molar-refractivity contribution in [2.24, 2.45) is 0 Å². The van der Waals surface area contributed by atoms with Crippen molar-refractivity contribution in [1.82, 2.24) is 10.2 Å². The van der Waals surface area contributed by atoms with Gasteiger partial charge in [0.1, 0.15) is 5.82 Å². The summed E-state index contributed by atoms with van der Waals surface area (Å²) in [7, 11) is 0. The van der Waals surface area contributed by atoms with E-state index in [1.54, 1.807) is 0 Å². The molecular weight excluding hydrogens is 405 g/mol. The number of amides is 2. The highest BCUT2D eigenvalue weighted by molar-refractivity contribution is 5.95. The van der Waals surface area contributed by atoms with Gasteiger partial charge in [-0.3, -0.25) is 14.5 Å². The van der Waals surface area contributed by atoms with Gasteiger partial charge in [0.05, 0.1) is 6.54 Å². The second-order valence-corrected chi connectivity index (χ2v) is 9.20. The quantitative estimate of drug-likeness (QED) is 0.645. The first kappa shape index (κ1) is 23.9. The van der Waals surface area contributed by atoms with Gasteiger partial charge in [0, 0.05) is 30.4 Å². The summed E-state index contributed by atoms with van der Waals surface area (Å²) in [6.07, 6.45) is 1.56. The third-order valence-electron chi connectivity index (χ3n) is 6.03. The minimum atomic E-state index is -0.357. The molecule has 172 valence electrons. The Hall–Kier alpha value is -2.73. The minimum Gasteiger partial charge on any atom is -0.349 e. The van der Waals surface area contributed by atoms with Gasteiger partial charge < -0.3 is 10.6 Å². The molecule has 1 saturated heterocycles. The van der Waals surface area contributed by atoms with Crippen molar-refractivity contribution in [2.75, 3.05) is 25.0 Å². The first-order valence-electron chi connectivity index (χ1n) is 11.5. The number of anilines is 1. The summed E-state index contributed by atoms with van der Waals surface area (Å²) in [4.78, 5) is 27.3. The Morgan fingerprint density at radius 2 is 1.53 bits per heavy atom. The molecule has 1 fully saturated rings. The van der Waals surface area contributed by atoms with Crippen molar-refractivity contribution in [3.05, 3.63) is 65.0 Å². The molecule has 5 nitrogen and oxygen atoms in total. The Morgan fingerprint density at radius 3 is 2.06 bits per heavy atom. The number of hydrogen-bond donors (Lipinski definition) is 2. The number of nitrogens with zero attached hydrogens (tertiary/aromatic N) is 1. The van der Waals surface area contributed by atoms with E-state index in [4.69, 9.17) is 0 Å². The normalized spacial score (nSPS) is 15.2. The van der Waals surface area contributed by atoms with E-state index in [1.807, 2.05) is 0 Å². The van der Waals surface area contributed by atoms with Crippen LogP contribution in [0.4, 0.5) is 10.1 Å². The molecule has 0 unspecified atom stereocenters. The summed E-state index contributed by atoms with van der Waals surface area (Å²) < 4.78 is 13.0. The smallest absolute Gasteiger partial charge is 0.251 e. The van der Waals surface area contributed by atoms with Gasteiger partial charge >= 0.3 is 0 Å². The third kappa shape index (κ3) is 6.16. The molecule has 3 rings (SSSR count). The van der Waals surface area contributed by atoms with Gasteiger partial charge in [-0.25, -0.2) is 4.39 Å². The van der Waals surface area contributed by atoms with Crippen LogP contribution in [0.15, 0.2) is 42.5 Å². The maximum atomic E-state index is 13.0. The fraction of sp³-hybridized carbons (Fsp3) is 0.462. The fourth-order valence-electron chi connectivity index (χ4n) is 4.18. The van der Waals surface area contributed by atoms with E-state index < -0.39 is 0 Å². The number of halogens is 1. The van der Waals surface area contributed by atoms with Gasteiger partial charge in [-0.2, -0.15) is 0 Å². The molecule has 2 aromatic carbocycles. The average molecular weight is 440 g/mol. The molecule has 0 bridgehead atoms. The van der Waals surface area contributed by atoms with E-state index in [1.165, 1.54) is 24.3 Å². The lowest BCUT2D eigenvalue weighted by Crippen LogP contribution is -2.46. The number of likely N-dealkylation sites (tertiary alicyclic amines) is 1. The standard InChI is InChI=1S/C26H34FN3O2/c1-17(2)22-6-5-7-23(18(3)4)25(22)29-24(31)16-30-14-12-21(13-15-30)28-26(32)19-8-10-20(27)11-9-19/h5-11,17-18,21H,12-16H2,1-4H3,(H,28,32)(H,29,31). The molecule has 6 heteroatoms. The number of benzene rings is 2. The number of rotatable bonds is 7. The van der Waals surface area contributed by atoms with E-state index in [2.05, 4.69) is 61.4 Å². The molecular formula is C26H34FN3O2. The molecule has 1 aliphatic rings. The van der Waals surface area contributed by atoms with E-state index in [-0.39, 0.29) is 23.7 Å². The summed E-state index contributed by atoms with van der Waals surface area (Å²) in [5.41, 5.74) is 3.72. The Morgan fingerprint density at radius 1 is 0.969 bits per heavy atom. The van der Waals surface area contributed by atoms with Crippen LogP contribution in [0.3, 0.4) is 0 Å². The van der Waals surface area contributed by atoms with Crippen LogP contribution in [-0.2, 0) is 4.79 Å². The van der Waals surface area contributed by atoms with Crippen LogP contribution in [0.25, 0.3) is 0 Å². The van der Waals surface area contributed by atoms with Crippen LogP contribution >= 0.6 is 0 Å². The zero-order valence-electron chi connectivity index (χ0n) is 19.5. The predicted molar refractivity (Wildman–Crippen MR) is 127 cm³/mol. The second kappa shape index (κ2) is 10.7. The Labute approximate surface area is 190 Å². The second-order valence-electron chi connectivity index (χ2n) is 9.20. The molecule has 2 aromatic rings. The molecule has 0 aliphatic carbocycles. The van der Waals surface area contributed by atoms with Crippen LogP contribution in [0.2, 0.25) is 0 Å². The molecule has 1 heterocycles. The Kier molecular flexibility index (Phi) is 8.02. The topological polar surface area (TPSA) is 61.4 Å². The van der Waals surface area contributed by atoms with E-state index in [0.717, 1.165) is 42.7 Å². The van der Waals surface area contributed by atoms with Crippen molar-refractivity contribution in [3.63, 3.8) is 0 Å². The van der Waals surface area contributed by atoms with Gasteiger partial charge in [0.25, 0.3) is 5.91 Å². The van der Waals surface area contributed by atoms with Crippen LogP contribution in [0.1, 0.15) is 73.9 Å². The SMILES string of the molecule is CC(C)c1cccc(C(C)C)c1NC(=O)CN1CCC(NC(=O)c2ccc(F)cc2)CC1. The van der Waals surface area contributed by atoms with Gasteiger partial charge in [-0.1, -0.05) is 45.9 Å². The molecule has 0 saturated carbocycles. The van der Waals surface area contributed by atoms with Crippen LogP contribution in [0, 0.1) is 5.82 Å². The summed E-state index contributed by atoms with van der Waals surface area (Å²) >= 11 is 0. The maximum absolute atomic E-state index is 13.0. The maximum Gasteiger partial charge on any atom is 0.251 e. The largest absolute Gasteiger partial charge is 0.349 e. The average Bonchev–Trinajstić information content (AvgIpc) is 2.75. The number of carbonyl (C=O) groups is 2. The highest BCUT2D eigenvalue weighted by atomic mass is 19.1. The molecule has 0 atom stereocenters. The Bertz CT molecular complexity index is 906. The van der Waals surface area contributed by atoms with Gasteiger partial charge in [-0.05, 0) is 60.1 Å². The van der Waals surface area contributed by atoms with Gasteiger partial charge in [0.15, 0.2) is 0 Å². The number of para-hydroxylation sites is 1. The summed E-state index contributed by atoms with van der Waals surface area (Å²) in [5, 5.41) is 6.20. The zero-order chi connectivity index (χ0) is 23.3. The summed E-state index contributed by atoms with van der Waals surface area (Å²) in [5.74, 6) is 0.0973. The molecule has 1 aliphatic heterocycles. The minimum absolute atomic E-state index is 0.00574. The zero-order valence-corrected chi connectivity index (χ0v) is 19.5. The Balaban J connectivity index is 1.53. The highest BCUT2D eigenvalue weighted by Gasteiger charge is 2.23. The lowest BCUT2D eigenvalue weighted by Gasteiger charge is -2.32. The van der Waals surface area contributed by atoms with Crippen molar-refractivity contribution >= 4 is 17.5 Å². The van der Waals surface area contributed by atoms with Crippen LogP contribution in [0.5, 0.6) is 0 Å². The van der Waals surface area contributed by atoms with Crippen LogP contribution in [-0.4, -0.2) is 42.4 Å². The molecule has 0 radical (unpaired) electrons. The van der Waals surface area contributed by atoms with Crippen molar-refractivity contribution in [3.8, 4) is 0 Å². The number of piperidine rings is 1. The molecule has 0 aromatic heterocycles. The van der Waals surface area contributed by atoms with Crippen molar-refractivity contribution in [1.29, 1.82) is 0 Å². The van der Waals surface area contributed by atoms with E-state index in [9.17, 15) is 14.0 Å². The van der Waals surface area contributed by atoms with Gasteiger partial charge in [0.2, 0.25) is 5.91 Å². The van der Waals surface area contributed by atoms with Gasteiger partial charge in [-0.15, -0.1) is 0 Å². The monoisotopic (exact) mass is 439 g/mol. The molecule has 2 amide bonds. The number of hydrogen-bond acceptors (Lipinski definition) is 3. The molecule has 32 heavy (non-hydrogen) atoms. The third-order valence-corrected chi connectivity index (χ3v) is 6.03. The summed E-state index contributed by atoms with van der Waals surface area (Å²) in [6.45, 7) is 10.4. The first-order valence-corrected chi connectivity index (χ1v) is 11.5. The lowest BCUT2D eigenvalue weighted by molar-refractivity contribution is -0.117. The van der Waals surface area contributed by atoms with Crippen molar-refractivity contribution in [2.45, 2.75) is 58.4 Å². The molecule has 2 N–H and O–H groups in total. The number of nitrogens with one attached hydrogen (secondary N) is 2. The van der Waals surface area contributed by atoms with Crippen LogP contribution < -0.4 is 10.6 Å². The summed E-state index contributed by atoms with van der Waals surface area (Å²) in [6, 6.07) is 11.8. The first-order chi connectivity index (χ1) is 15.2.